The number of hydrogen-bond donors (Lipinski definition) is 1. The van der Waals surface area contributed by atoms with Crippen molar-refractivity contribution in [3.63, 3.8) is 0 Å². The summed E-state index contributed by atoms with van der Waals surface area (Å²) in [5.74, 6) is 2.97. The molecular weight excluding hydrogens is 289 g/mol. The number of nitrogens with two attached hydrogens (primary N) is 1. The highest BCUT2D eigenvalue weighted by atomic mass is 35.5. The molecule has 0 aromatic heterocycles. The summed E-state index contributed by atoms with van der Waals surface area (Å²) < 4.78 is 5.76. The Morgan fingerprint density at radius 3 is 2.78 bits per heavy atom. The van der Waals surface area contributed by atoms with Crippen LogP contribution in [0.3, 0.4) is 0 Å². The average molecular weight is 308 g/mol. The van der Waals surface area contributed by atoms with Crippen molar-refractivity contribution in [2.75, 3.05) is 24.7 Å². The van der Waals surface area contributed by atoms with E-state index < -0.39 is 0 Å². The number of thioether (sulfide) groups is 1. The molecule has 0 amide bonds. The molecule has 102 valence electrons. The van der Waals surface area contributed by atoms with Gasteiger partial charge in [0.2, 0.25) is 0 Å². The lowest BCUT2D eigenvalue weighted by Gasteiger charge is -2.13. The number of rotatable bonds is 8. The molecule has 0 bridgehead atoms. The molecule has 18 heavy (non-hydrogen) atoms. The molecule has 0 aliphatic heterocycles. The van der Waals surface area contributed by atoms with Crippen LogP contribution in [0.1, 0.15) is 18.9 Å². The fourth-order valence-electron chi connectivity index (χ4n) is 1.60. The summed E-state index contributed by atoms with van der Waals surface area (Å²) in [6.45, 7) is 3.38. The van der Waals surface area contributed by atoms with Crippen LogP contribution in [0, 0.1) is 0 Å². The number of benzene rings is 1. The Morgan fingerprint density at radius 2 is 2.11 bits per heavy atom. The van der Waals surface area contributed by atoms with Crippen molar-refractivity contribution in [1.29, 1.82) is 0 Å². The summed E-state index contributed by atoms with van der Waals surface area (Å²) in [6, 6.07) is 3.58. The van der Waals surface area contributed by atoms with Gasteiger partial charge in [0, 0.05) is 5.02 Å². The Bertz CT molecular complexity index is 374. The Kier molecular flexibility index (Phi) is 7.91. The molecule has 5 heteroatoms. The lowest BCUT2D eigenvalue weighted by Crippen LogP contribution is -2.07. The smallest absolute Gasteiger partial charge is 0.141 e. The van der Waals surface area contributed by atoms with Crippen LogP contribution in [-0.4, -0.2) is 24.7 Å². The summed E-state index contributed by atoms with van der Waals surface area (Å²) >= 11 is 14.0. The molecule has 0 saturated carbocycles. The SMILES string of the molecule is CCSCCCOc1c(Cl)cc(Cl)cc1CCN. The Labute approximate surface area is 123 Å². The summed E-state index contributed by atoms with van der Waals surface area (Å²) in [5, 5.41) is 1.19. The molecule has 1 rings (SSSR count). The molecule has 1 aromatic carbocycles. The monoisotopic (exact) mass is 307 g/mol. The minimum absolute atomic E-state index is 0.554. The van der Waals surface area contributed by atoms with E-state index in [1.807, 2.05) is 17.8 Å². The molecule has 0 atom stereocenters. The van der Waals surface area contributed by atoms with Crippen molar-refractivity contribution in [1.82, 2.24) is 0 Å². The van der Waals surface area contributed by atoms with E-state index in [2.05, 4.69) is 6.92 Å². The van der Waals surface area contributed by atoms with Gasteiger partial charge in [0.25, 0.3) is 0 Å². The van der Waals surface area contributed by atoms with Gasteiger partial charge in [-0.1, -0.05) is 30.1 Å². The lowest BCUT2D eigenvalue weighted by molar-refractivity contribution is 0.315. The van der Waals surface area contributed by atoms with E-state index in [1.165, 1.54) is 0 Å². The van der Waals surface area contributed by atoms with Crippen molar-refractivity contribution in [2.24, 2.45) is 5.73 Å². The molecule has 0 heterocycles. The van der Waals surface area contributed by atoms with Gasteiger partial charge in [0.1, 0.15) is 5.75 Å². The first kappa shape index (κ1) is 16.0. The fraction of sp³-hybridized carbons (Fsp3) is 0.538. The summed E-state index contributed by atoms with van der Waals surface area (Å²) in [7, 11) is 0. The molecule has 0 radical (unpaired) electrons. The zero-order chi connectivity index (χ0) is 13.4. The quantitative estimate of drug-likeness (QED) is 0.737. The maximum atomic E-state index is 6.16. The Balaban J connectivity index is 2.62. The normalized spacial score (nSPS) is 10.7. The van der Waals surface area contributed by atoms with Crippen molar-refractivity contribution < 1.29 is 4.74 Å². The zero-order valence-corrected chi connectivity index (χ0v) is 12.9. The van der Waals surface area contributed by atoms with Gasteiger partial charge in [-0.05, 0) is 48.6 Å². The average Bonchev–Trinajstić information content (AvgIpc) is 2.32. The van der Waals surface area contributed by atoms with Gasteiger partial charge in [-0.25, -0.2) is 0 Å². The van der Waals surface area contributed by atoms with Crippen molar-refractivity contribution >= 4 is 35.0 Å². The molecule has 0 saturated heterocycles. The van der Waals surface area contributed by atoms with Crippen molar-refractivity contribution in [2.45, 2.75) is 19.8 Å². The maximum Gasteiger partial charge on any atom is 0.141 e. The maximum absolute atomic E-state index is 6.16. The van der Waals surface area contributed by atoms with Gasteiger partial charge in [0.05, 0.1) is 11.6 Å². The second-order valence-corrected chi connectivity index (χ2v) is 6.05. The van der Waals surface area contributed by atoms with Crippen LogP contribution in [-0.2, 0) is 6.42 Å². The number of halogens is 2. The van der Waals surface area contributed by atoms with Crippen LogP contribution in [0.5, 0.6) is 5.75 Å². The molecule has 0 unspecified atom stereocenters. The third kappa shape index (κ3) is 5.27. The van der Waals surface area contributed by atoms with E-state index in [0.717, 1.165) is 35.7 Å². The first-order valence-corrected chi connectivity index (χ1v) is 7.98. The van der Waals surface area contributed by atoms with Gasteiger partial charge in [0.15, 0.2) is 0 Å². The predicted octanol–water partition coefficient (Wildman–Crippen LogP) is 4.02. The molecule has 0 spiro atoms. The highest BCUT2D eigenvalue weighted by molar-refractivity contribution is 7.99. The summed E-state index contributed by atoms with van der Waals surface area (Å²) in [6.07, 6.45) is 1.73. The topological polar surface area (TPSA) is 35.2 Å². The van der Waals surface area contributed by atoms with Gasteiger partial charge >= 0.3 is 0 Å². The predicted molar refractivity (Wildman–Crippen MR) is 82.3 cm³/mol. The van der Waals surface area contributed by atoms with Crippen LogP contribution in [0.15, 0.2) is 12.1 Å². The van der Waals surface area contributed by atoms with Gasteiger partial charge in [-0.3, -0.25) is 0 Å². The second kappa shape index (κ2) is 8.92. The second-order valence-electron chi connectivity index (χ2n) is 3.81. The highest BCUT2D eigenvalue weighted by Gasteiger charge is 2.10. The van der Waals surface area contributed by atoms with E-state index in [0.29, 0.717) is 23.2 Å². The fourth-order valence-corrected chi connectivity index (χ4v) is 2.80. The lowest BCUT2D eigenvalue weighted by atomic mass is 10.1. The molecular formula is C13H19Cl2NOS. The Morgan fingerprint density at radius 1 is 1.33 bits per heavy atom. The number of hydrogen-bond acceptors (Lipinski definition) is 3. The third-order valence-electron chi connectivity index (χ3n) is 2.38. The highest BCUT2D eigenvalue weighted by Crippen LogP contribution is 2.32. The van der Waals surface area contributed by atoms with Gasteiger partial charge in [-0.2, -0.15) is 11.8 Å². The van der Waals surface area contributed by atoms with Crippen LogP contribution in [0.2, 0.25) is 10.0 Å². The third-order valence-corrected chi connectivity index (χ3v) is 3.87. The van der Waals surface area contributed by atoms with E-state index in [-0.39, 0.29) is 0 Å². The van der Waals surface area contributed by atoms with E-state index >= 15 is 0 Å². The largest absolute Gasteiger partial charge is 0.492 e. The summed E-state index contributed by atoms with van der Waals surface area (Å²) in [5.41, 5.74) is 6.56. The molecule has 2 N–H and O–H groups in total. The molecule has 0 aliphatic rings. The van der Waals surface area contributed by atoms with E-state index in [1.54, 1.807) is 6.07 Å². The molecule has 1 aromatic rings. The van der Waals surface area contributed by atoms with Crippen molar-refractivity contribution in [3.8, 4) is 5.75 Å². The minimum Gasteiger partial charge on any atom is -0.492 e. The zero-order valence-electron chi connectivity index (χ0n) is 10.5. The number of ether oxygens (including phenoxy) is 1. The van der Waals surface area contributed by atoms with Crippen LogP contribution in [0.25, 0.3) is 0 Å². The standard InChI is InChI=1S/C13H19Cl2NOS/c1-2-18-7-3-6-17-13-10(4-5-16)8-11(14)9-12(13)15/h8-9H,2-7,16H2,1H3. The van der Waals surface area contributed by atoms with E-state index in [4.69, 9.17) is 33.7 Å². The first-order valence-electron chi connectivity index (χ1n) is 6.07. The summed E-state index contributed by atoms with van der Waals surface area (Å²) in [4.78, 5) is 0. The molecule has 2 nitrogen and oxygen atoms in total. The first-order chi connectivity index (χ1) is 8.69. The van der Waals surface area contributed by atoms with Crippen LogP contribution >= 0.6 is 35.0 Å². The van der Waals surface area contributed by atoms with Gasteiger partial charge < -0.3 is 10.5 Å². The van der Waals surface area contributed by atoms with Gasteiger partial charge in [-0.15, -0.1) is 0 Å². The van der Waals surface area contributed by atoms with Crippen LogP contribution < -0.4 is 10.5 Å². The van der Waals surface area contributed by atoms with Crippen LogP contribution in [0.4, 0.5) is 0 Å². The minimum atomic E-state index is 0.554. The Hall–Kier alpha value is -0.0900. The molecule has 0 fully saturated rings. The van der Waals surface area contributed by atoms with Crippen molar-refractivity contribution in [3.05, 3.63) is 27.7 Å². The molecule has 0 aliphatic carbocycles. The van der Waals surface area contributed by atoms with E-state index in [9.17, 15) is 0 Å².